The minimum Gasteiger partial charge on any atom is -0.492 e. The largest absolute Gasteiger partial charge is 0.492 e. The Morgan fingerprint density at radius 1 is 1.14 bits per heavy atom. The molecule has 1 aliphatic carbocycles. The fourth-order valence-corrected chi connectivity index (χ4v) is 3.07. The molecule has 0 radical (unpaired) electrons. The van der Waals surface area contributed by atoms with Gasteiger partial charge < -0.3 is 10.1 Å². The maximum Gasteiger partial charge on any atom is 0.119 e. The summed E-state index contributed by atoms with van der Waals surface area (Å²) < 4.78 is 5.80. The Morgan fingerprint density at radius 2 is 2.05 bits per heavy atom. The minimum atomic E-state index is 0.482. The van der Waals surface area contributed by atoms with Crippen LogP contribution in [0.1, 0.15) is 35.6 Å². The molecule has 1 atom stereocenters. The van der Waals surface area contributed by atoms with Crippen molar-refractivity contribution in [3.05, 3.63) is 65.2 Å². The van der Waals surface area contributed by atoms with Crippen molar-refractivity contribution in [2.75, 3.05) is 13.2 Å². The normalized spacial score (nSPS) is 17.3. The van der Waals surface area contributed by atoms with Crippen molar-refractivity contribution in [3.63, 3.8) is 0 Å². The van der Waals surface area contributed by atoms with Gasteiger partial charge in [-0.2, -0.15) is 0 Å². The van der Waals surface area contributed by atoms with Gasteiger partial charge in [0.2, 0.25) is 0 Å². The maximum absolute atomic E-state index is 5.80. The first-order chi connectivity index (χ1) is 10.3. The standard InChI is InChI=1S/C19H23NO/c1-15-6-4-9-17(14-15)21-13-12-20-19-11-5-8-16-7-2-3-10-18(16)19/h2-4,6-7,9-10,14,19-20H,5,8,11-13H2,1H3. The molecule has 1 aliphatic rings. The van der Waals surface area contributed by atoms with Gasteiger partial charge in [0.25, 0.3) is 0 Å². The van der Waals surface area contributed by atoms with Crippen molar-refractivity contribution >= 4 is 0 Å². The minimum absolute atomic E-state index is 0.482. The molecule has 0 saturated heterocycles. The van der Waals surface area contributed by atoms with Crippen LogP contribution in [0.5, 0.6) is 5.75 Å². The van der Waals surface area contributed by atoms with Crippen LogP contribution in [0.25, 0.3) is 0 Å². The van der Waals surface area contributed by atoms with Crippen LogP contribution < -0.4 is 10.1 Å². The third-order valence-electron chi connectivity index (χ3n) is 4.12. The molecule has 2 aromatic carbocycles. The second-order valence-electron chi connectivity index (χ2n) is 5.76. The lowest BCUT2D eigenvalue weighted by Crippen LogP contribution is -2.28. The summed E-state index contributed by atoms with van der Waals surface area (Å²) in [5.74, 6) is 0.959. The van der Waals surface area contributed by atoms with Crippen LogP contribution in [0.15, 0.2) is 48.5 Å². The van der Waals surface area contributed by atoms with Crippen LogP contribution in [0.2, 0.25) is 0 Å². The molecule has 1 N–H and O–H groups in total. The number of aryl methyl sites for hydroxylation is 2. The molecule has 2 heteroatoms. The Bertz CT molecular complexity index is 594. The zero-order valence-electron chi connectivity index (χ0n) is 12.6. The molecule has 0 aromatic heterocycles. The lowest BCUT2D eigenvalue weighted by Gasteiger charge is -2.26. The van der Waals surface area contributed by atoms with E-state index in [0.29, 0.717) is 12.6 Å². The van der Waals surface area contributed by atoms with Gasteiger partial charge >= 0.3 is 0 Å². The number of nitrogens with one attached hydrogen (secondary N) is 1. The predicted octanol–water partition coefficient (Wildman–Crippen LogP) is 4.04. The summed E-state index contributed by atoms with van der Waals surface area (Å²) in [7, 11) is 0. The molecule has 2 nitrogen and oxygen atoms in total. The van der Waals surface area contributed by atoms with Crippen molar-refractivity contribution in [2.24, 2.45) is 0 Å². The Morgan fingerprint density at radius 3 is 2.95 bits per heavy atom. The maximum atomic E-state index is 5.80. The van der Waals surface area contributed by atoms with Crippen molar-refractivity contribution in [2.45, 2.75) is 32.2 Å². The molecule has 0 saturated carbocycles. The van der Waals surface area contributed by atoms with E-state index in [1.165, 1.54) is 36.0 Å². The molecule has 0 aliphatic heterocycles. The van der Waals surface area contributed by atoms with Crippen LogP contribution >= 0.6 is 0 Å². The Kier molecular flexibility index (Phi) is 4.56. The lowest BCUT2D eigenvalue weighted by atomic mass is 9.88. The Labute approximate surface area is 127 Å². The molecule has 3 rings (SSSR count). The zero-order chi connectivity index (χ0) is 14.5. The topological polar surface area (TPSA) is 21.3 Å². The molecule has 110 valence electrons. The fourth-order valence-electron chi connectivity index (χ4n) is 3.07. The monoisotopic (exact) mass is 281 g/mol. The first kappa shape index (κ1) is 14.2. The number of ether oxygens (including phenoxy) is 1. The average molecular weight is 281 g/mol. The molecule has 0 heterocycles. The highest BCUT2D eigenvalue weighted by Crippen LogP contribution is 2.29. The Balaban J connectivity index is 1.50. The molecule has 0 fully saturated rings. The highest BCUT2D eigenvalue weighted by atomic mass is 16.5. The van der Waals surface area contributed by atoms with Gasteiger partial charge in [-0.3, -0.25) is 0 Å². The average Bonchev–Trinajstić information content (AvgIpc) is 2.52. The van der Waals surface area contributed by atoms with Gasteiger partial charge in [0.15, 0.2) is 0 Å². The van der Waals surface area contributed by atoms with E-state index in [4.69, 9.17) is 4.74 Å². The highest BCUT2D eigenvalue weighted by molar-refractivity contribution is 5.32. The molecule has 0 spiro atoms. The van der Waals surface area contributed by atoms with Crippen molar-refractivity contribution in [3.8, 4) is 5.75 Å². The molecule has 0 amide bonds. The highest BCUT2D eigenvalue weighted by Gasteiger charge is 2.18. The second kappa shape index (κ2) is 6.77. The number of fused-ring (bicyclic) bond motifs is 1. The van der Waals surface area contributed by atoms with E-state index in [9.17, 15) is 0 Å². The first-order valence-electron chi connectivity index (χ1n) is 7.83. The van der Waals surface area contributed by atoms with Crippen LogP contribution in [0.4, 0.5) is 0 Å². The van der Waals surface area contributed by atoms with E-state index in [0.717, 1.165) is 12.3 Å². The van der Waals surface area contributed by atoms with Gasteiger partial charge in [0.1, 0.15) is 12.4 Å². The van der Waals surface area contributed by atoms with Gasteiger partial charge in [-0.15, -0.1) is 0 Å². The van der Waals surface area contributed by atoms with Gasteiger partial charge in [0.05, 0.1) is 0 Å². The van der Waals surface area contributed by atoms with Crippen LogP contribution in [0, 0.1) is 6.92 Å². The van der Waals surface area contributed by atoms with Gasteiger partial charge in [-0.05, 0) is 55.0 Å². The number of hydrogen-bond donors (Lipinski definition) is 1. The molecule has 1 unspecified atom stereocenters. The zero-order valence-corrected chi connectivity index (χ0v) is 12.6. The third-order valence-corrected chi connectivity index (χ3v) is 4.12. The predicted molar refractivity (Wildman–Crippen MR) is 86.8 cm³/mol. The van der Waals surface area contributed by atoms with Crippen molar-refractivity contribution in [1.29, 1.82) is 0 Å². The molecular weight excluding hydrogens is 258 g/mol. The first-order valence-corrected chi connectivity index (χ1v) is 7.83. The summed E-state index contributed by atoms with van der Waals surface area (Å²) in [6, 6.07) is 17.5. The number of benzene rings is 2. The van der Waals surface area contributed by atoms with E-state index in [1.807, 2.05) is 12.1 Å². The summed E-state index contributed by atoms with van der Waals surface area (Å²) in [6.45, 7) is 3.68. The SMILES string of the molecule is Cc1cccc(OCCNC2CCCc3ccccc32)c1. The van der Waals surface area contributed by atoms with E-state index in [-0.39, 0.29) is 0 Å². The number of hydrogen-bond acceptors (Lipinski definition) is 2. The second-order valence-corrected chi connectivity index (χ2v) is 5.76. The third kappa shape index (κ3) is 3.64. The summed E-state index contributed by atoms with van der Waals surface area (Å²) in [5, 5.41) is 3.64. The van der Waals surface area contributed by atoms with Crippen LogP contribution in [0.3, 0.4) is 0 Å². The molecule has 21 heavy (non-hydrogen) atoms. The molecule has 2 aromatic rings. The summed E-state index contributed by atoms with van der Waals surface area (Å²) in [6.07, 6.45) is 3.71. The Hall–Kier alpha value is -1.80. The van der Waals surface area contributed by atoms with Gasteiger partial charge in [-0.1, -0.05) is 36.4 Å². The van der Waals surface area contributed by atoms with Crippen molar-refractivity contribution < 1.29 is 4.74 Å². The molecular formula is C19H23NO. The van der Waals surface area contributed by atoms with Crippen LogP contribution in [-0.4, -0.2) is 13.2 Å². The van der Waals surface area contributed by atoms with E-state index >= 15 is 0 Å². The quantitative estimate of drug-likeness (QED) is 0.835. The van der Waals surface area contributed by atoms with Gasteiger partial charge in [0, 0.05) is 12.6 Å². The summed E-state index contributed by atoms with van der Waals surface area (Å²) in [4.78, 5) is 0. The smallest absolute Gasteiger partial charge is 0.119 e. The lowest BCUT2D eigenvalue weighted by molar-refractivity contribution is 0.300. The van der Waals surface area contributed by atoms with Gasteiger partial charge in [-0.25, -0.2) is 0 Å². The summed E-state index contributed by atoms with van der Waals surface area (Å²) >= 11 is 0. The van der Waals surface area contributed by atoms with E-state index in [2.05, 4.69) is 48.6 Å². The van der Waals surface area contributed by atoms with Crippen molar-refractivity contribution in [1.82, 2.24) is 5.32 Å². The fraction of sp³-hybridized carbons (Fsp3) is 0.368. The van der Waals surface area contributed by atoms with E-state index < -0.39 is 0 Å². The molecule has 0 bridgehead atoms. The van der Waals surface area contributed by atoms with E-state index in [1.54, 1.807) is 0 Å². The van der Waals surface area contributed by atoms with Crippen LogP contribution in [-0.2, 0) is 6.42 Å². The number of rotatable bonds is 5. The summed E-state index contributed by atoms with van der Waals surface area (Å²) in [5.41, 5.74) is 4.21.